The first-order valence-corrected chi connectivity index (χ1v) is 19.3. The maximum atomic E-state index is 17.7. The Morgan fingerprint density at radius 1 is 0.875 bits per heavy atom. The third-order valence-corrected chi connectivity index (χ3v) is 11.7. The van der Waals surface area contributed by atoms with Gasteiger partial charge in [0, 0.05) is 66.6 Å². The van der Waals surface area contributed by atoms with E-state index in [0.29, 0.717) is 67.3 Å². The van der Waals surface area contributed by atoms with Gasteiger partial charge in [-0.15, -0.1) is 0 Å². The van der Waals surface area contributed by atoms with Gasteiger partial charge in [-0.3, -0.25) is 4.98 Å². The number of nitrogens with zero attached hydrogens (tertiary/aromatic N) is 4. The number of pyridine rings is 1. The van der Waals surface area contributed by atoms with Gasteiger partial charge < -0.3 is 19.5 Å². The lowest BCUT2D eigenvalue weighted by Crippen LogP contribution is -2.36. The Bertz CT molecular complexity index is 1950. The summed E-state index contributed by atoms with van der Waals surface area (Å²) in [5.41, 5.74) is 3.32. The van der Waals surface area contributed by atoms with Crippen molar-refractivity contribution < 1.29 is 40.9 Å². The van der Waals surface area contributed by atoms with Crippen LogP contribution in [0.15, 0.2) is 60.9 Å². The largest absolute Gasteiger partial charge is 0.497 e. The minimum absolute atomic E-state index is 0.0463. The smallest absolute Gasteiger partial charge is 0.416 e. The molecule has 2 unspecified atom stereocenters. The minimum Gasteiger partial charge on any atom is -0.497 e. The number of hydrogen-bond acceptors (Lipinski definition) is 7. The topological polar surface area (TPSA) is 80.6 Å². The minimum atomic E-state index is -4.60. The highest BCUT2D eigenvalue weighted by Gasteiger charge is 2.44. The van der Waals surface area contributed by atoms with Crippen LogP contribution in [0, 0.1) is 5.41 Å². The molecular formula is C43H48F6N4O3. The third-order valence-electron chi connectivity index (χ3n) is 11.7. The Kier molecular flexibility index (Phi) is 11.4. The number of halogens is 6. The molecule has 0 amide bonds. The van der Waals surface area contributed by atoms with Crippen molar-refractivity contribution in [1.82, 2.24) is 15.0 Å². The van der Waals surface area contributed by atoms with E-state index in [9.17, 15) is 27.1 Å². The molecule has 1 saturated heterocycles. The highest BCUT2D eigenvalue weighted by atomic mass is 19.4. The molecule has 3 aliphatic rings. The highest BCUT2D eigenvalue weighted by molar-refractivity contribution is 5.51. The van der Waals surface area contributed by atoms with Crippen LogP contribution in [-0.2, 0) is 30.5 Å². The second-order valence-corrected chi connectivity index (χ2v) is 16.3. The summed E-state index contributed by atoms with van der Waals surface area (Å²) in [6.45, 7) is 5.39. The van der Waals surface area contributed by atoms with Crippen LogP contribution < -0.4 is 9.64 Å². The van der Waals surface area contributed by atoms with E-state index in [1.165, 1.54) is 12.1 Å². The lowest BCUT2D eigenvalue weighted by Gasteiger charge is -2.42. The molecule has 56 heavy (non-hydrogen) atoms. The van der Waals surface area contributed by atoms with Crippen LogP contribution in [0.3, 0.4) is 0 Å². The second-order valence-electron chi connectivity index (χ2n) is 16.3. The molecule has 0 spiro atoms. The summed E-state index contributed by atoms with van der Waals surface area (Å²) in [6.07, 6.45) is -2.03. The molecule has 1 N–H and O–H groups in total. The summed E-state index contributed by atoms with van der Waals surface area (Å²) in [6, 6.07) is 11.6. The van der Waals surface area contributed by atoms with Gasteiger partial charge >= 0.3 is 6.18 Å². The van der Waals surface area contributed by atoms with Gasteiger partial charge in [0.1, 0.15) is 5.75 Å². The van der Waals surface area contributed by atoms with Gasteiger partial charge in [-0.1, -0.05) is 38.1 Å². The first-order valence-electron chi connectivity index (χ1n) is 19.3. The lowest BCUT2D eigenvalue weighted by atomic mass is 9.68. The normalized spacial score (nSPS) is 20.8. The Balaban J connectivity index is 1.35. The number of benzene rings is 2. The standard InChI is InChI=1S/C43H48F6N4O3/c1-41(2)20-33-36(34(21-41)56-25-26-4-10-32(55-3)11-5-26)35(28-12-16-42(45,46)17-13-28)37(38(44)29-6-8-31(9-7-29)43(47,48)49)39(52-33)30-14-18-53(19-15-30)40-50-22-27(24-54)23-51-40/h4-11,22-23,28,30,34,38,54H,12-21,24-25H2,1-3H3. The number of anilines is 1. The SMILES string of the molecule is COc1ccc(COC2CC(C)(C)Cc3nc(C4CCN(c5ncc(CO)cn5)CC4)c(C(F)c4ccc(C(F)(F)F)cc4)c(C4CCC(F)(F)CC4)c32)cc1. The zero-order chi connectivity index (χ0) is 39.8. The van der Waals surface area contributed by atoms with Crippen LogP contribution in [0.4, 0.5) is 32.3 Å². The van der Waals surface area contributed by atoms with Crippen LogP contribution in [0.1, 0.15) is 133 Å². The number of methoxy groups -OCH3 is 1. The van der Waals surface area contributed by atoms with E-state index in [2.05, 4.69) is 23.8 Å². The lowest BCUT2D eigenvalue weighted by molar-refractivity contribution is -0.137. The number of piperidine rings is 1. The van der Waals surface area contributed by atoms with Crippen molar-refractivity contribution in [3.05, 3.63) is 111 Å². The summed E-state index contributed by atoms with van der Waals surface area (Å²) in [4.78, 5) is 16.2. The predicted octanol–water partition coefficient (Wildman–Crippen LogP) is 10.4. The number of aliphatic hydroxyl groups is 1. The average Bonchev–Trinajstić information content (AvgIpc) is 3.18. The van der Waals surface area contributed by atoms with E-state index in [1.54, 1.807) is 19.5 Å². The molecule has 1 aliphatic heterocycles. The first kappa shape index (κ1) is 40.0. The van der Waals surface area contributed by atoms with E-state index >= 15 is 4.39 Å². The van der Waals surface area contributed by atoms with Crippen molar-refractivity contribution >= 4 is 5.95 Å². The van der Waals surface area contributed by atoms with Crippen molar-refractivity contribution in [3.63, 3.8) is 0 Å². The summed E-state index contributed by atoms with van der Waals surface area (Å²) in [5, 5.41) is 9.45. The molecule has 2 aromatic heterocycles. The number of fused-ring (bicyclic) bond motifs is 1. The molecule has 0 radical (unpaired) electrons. The Morgan fingerprint density at radius 2 is 1.52 bits per heavy atom. The molecule has 2 atom stereocenters. The molecular weight excluding hydrogens is 734 g/mol. The summed E-state index contributed by atoms with van der Waals surface area (Å²) in [7, 11) is 1.59. The highest BCUT2D eigenvalue weighted by Crippen LogP contribution is 2.53. The molecule has 3 heterocycles. The van der Waals surface area contributed by atoms with Gasteiger partial charge in [0.05, 0.1) is 37.7 Å². The van der Waals surface area contributed by atoms with Crippen molar-refractivity contribution in [2.45, 2.75) is 115 Å². The predicted molar refractivity (Wildman–Crippen MR) is 200 cm³/mol. The molecule has 2 aromatic carbocycles. The Hall–Kier alpha value is -4.23. The molecule has 4 aromatic rings. The van der Waals surface area contributed by atoms with Gasteiger partial charge in [-0.05, 0) is 90.8 Å². The van der Waals surface area contributed by atoms with Gasteiger partial charge in [0.25, 0.3) is 0 Å². The molecule has 7 rings (SSSR count). The Labute approximate surface area is 323 Å². The zero-order valence-electron chi connectivity index (χ0n) is 31.9. The fourth-order valence-electron chi connectivity index (χ4n) is 8.69. The van der Waals surface area contributed by atoms with Crippen LogP contribution in [0.2, 0.25) is 0 Å². The molecule has 7 nitrogen and oxygen atoms in total. The van der Waals surface area contributed by atoms with Crippen LogP contribution in [-0.4, -0.2) is 46.2 Å². The quantitative estimate of drug-likeness (QED) is 0.161. The number of aromatic nitrogens is 3. The van der Waals surface area contributed by atoms with Crippen LogP contribution in [0.5, 0.6) is 5.75 Å². The van der Waals surface area contributed by atoms with Gasteiger partial charge in [0.2, 0.25) is 11.9 Å². The summed E-state index contributed by atoms with van der Waals surface area (Å²) in [5.74, 6) is -2.30. The van der Waals surface area contributed by atoms with Crippen LogP contribution >= 0.6 is 0 Å². The van der Waals surface area contributed by atoms with Gasteiger partial charge in [-0.2, -0.15) is 13.2 Å². The Morgan fingerprint density at radius 3 is 2.11 bits per heavy atom. The van der Waals surface area contributed by atoms with Crippen molar-refractivity contribution in [2.24, 2.45) is 5.41 Å². The average molecular weight is 783 g/mol. The van der Waals surface area contributed by atoms with Gasteiger partial charge in [0.15, 0.2) is 6.17 Å². The number of aliphatic hydroxyl groups excluding tert-OH is 1. The molecule has 0 bridgehead atoms. The van der Waals surface area contributed by atoms with Crippen molar-refractivity contribution in [2.75, 3.05) is 25.1 Å². The van der Waals surface area contributed by atoms with Crippen molar-refractivity contribution in [3.8, 4) is 5.75 Å². The molecule has 2 fully saturated rings. The van der Waals surface area contributed by atoms with Crippen LogP contribution in [0.25, 0.3) is 0 Å². The number of alkyl halides is 6. The van der Waals surface area contributed by atoms with Crippen molar-refractivity contribution in [1.29, 1.82) is 0 Å². The fraction of sp³-hybridized carbons (Fsp3) is 0.512. The second kappa shape index (κ2) is 16.0. The van der Waals surface area contributed by atoms with E-state index in [0.717, 1.165) is 29.0 Å². The zero-order valence-corrected chi connectivity index (χ0v) is 31.9. The third kappa shape index (κ3) is 8.68. The summed E-state index contributed by atoms with van der Waals surface area (Å²) >= 11 is 0. The monoisotopic (exact) mass is 782 g/mol. The number of rotatable bonds is 10. The van der Waals surface area contributed by atoms with Gasteiger partial charge in [-0.25, -0.2) is 23.1 Å². The number of ether oxygens (including phenoxy) is 2. The fourth-order valence-corrected chi connectivity index (χ4v) is 8.69. The molecule has 300 valence electrons. The maximum Gasteiger partial charge on any atom is 0.416 e. The number of hydrogen-bond donors (Lipinski definition) is 1. The van der Waals surface area contributed by atoms with E-state index in [4.69, 9.17) is 14.5 Å². The first-order chi connectivity index (χ1) is 26.6. The van der Waals surface area contributed by atoms with E-state index in [-0.39, 0.29) is 61.4 Å². The summed E-state index contributed by atoms with van der Waals surface area (Å²) < 4.78 is 100. The molecule has 2 aliphatic carbocycles. The van der Waals surface area contributed by atoms with E-state index < -0.39 is 35.9 Å². The maximum absolute atomic E-state index is 17.7. The van der Waals surface area contributed by atoms with E-state index in [1.807, 2.05) is 29.2 Å². The molecule has 1 saturated carbocycles. The molecule has 13 heteroatoms.